The van der Waals surface area contributed by atoms with E-state index in [4.69, 9.17) is 0 Å². The second kappa shape index (κ2) is 5.99. The Balaban J connectivity index is 1.54. The molecule has 2 unspecified atom stereocenters. The minimum absolute atomic E-state index is 0.0854. The van der Waals surface area contributed by atoms with Gasteiger partial charge in [-0.3, -0.25) is 9.20 Å². The minimum Gasteiger partial charge on any atom is -0.346 e. The first-order chi connectivity index (χ1) is 12.1. The van der Waals surface area contributed by atoms with Crippen molar-refractivity contribution in [3.63, 3.8) is 0 Å². The molecule has 1 aliphatic carbocycles. The molecule has 128 valence electrons. The molecule has 0 spiro atoms. The van der Waals surface area contributed by atoms with Crippen LogP contribution in [0.2, 0.25) is 0 Å². The first kappa shape index (κ1) is 15.8. The zero-order valence-electron chi connectivity index (χ0n) is 14.6. The van der Waals surface area contributed by atoms with Crippen LogP contribution in [0.15, 0.2) is 48.7 Å². The van der Waals surface area contributed by atoms with Crippen molar-refractivity contribution < 1.29 is 4.79 Å². The third kappa shape index (κ3) is 2.80. The van der Waals surface area contributed by atoms with Crippen molar-refractivity contribution in [1.29, 1.82) is 0 Å². The monoisotopic (exact) mass is 334 g/mol. The first-order valence-electron chi connectivity index (χ1n) is 8.74. The van der Waals surface area contributed by atoms with E-state index in [9.17, 15) is 4.79 Å². The topological polar surface area (TPSA) is 59.3 Å². The van der Waals surface area contributed by atoms with E-state index in [0.717, 1.165) is 30.7 Å². The zero-order valence-corrected chi connectivity index (χ0v) is 14.6. The number of nitrogens with one attached hydrogen (secondary N) is 1. The summed E-state index contributed by atoms with van der Waals surface area (Å²) in [5.74, 6) is 0.839. The normalized spacial score (nSPS) is 20.9. The summed E-state index contributed by atoms with van der Waals surface area (Å²) in [5, 5.41) is 11.6. The van der Waals surface area contributed by atoms with Crippen molar-refractivity contribution in [2.24, 2.45) is 5.41 Å². The SMILES string of the molecule is CC(NC(=O)C1(C)CCc2ccccc2C1)c1nnc2ccccn12. The third-order valence-corrected chi connectivity index (χ3v) is 5.27. The molecule has 3 aromatic rings. The smallest absolute Gasteiger partial charge is 0.226 e. The van der Waals surface area contributed by atoms with Gasteiger partial charge in [0.25, 0.3) is 0 Å². The lowest BCUT2D eigenvalue weighted by Gasteiger charge is -2.34. The number of fused-ring (bicyclic) bond motifs is 2. The summed E-state index contributed by atoms with van der Waals surface area (Å²) < 4.78 is 1.92. The average Bonchev–Trinajstić information content (AvgIpc) is 3.05. The predicted molar refractivity (Wildman–Crippen MR) is 96.1 cm³/mol. The molecule has 1 amide bonds. The van der Waals surface area contributed by atoms with E-state index < -0.39 is 0 Å². The number of rotatable bonds is 3. The molecule has 2 atom stereocenters. The van der Waals surface area contributed by atoms with Gasteiger partial charge in [0.1, 0.15) is 0 Å². The highest BCUT2D eigenvalue weighted by Crippen LogP contribution is 2.35. The van der Waals surface area contributed by atoms with Crippen LogP contribution in [0, 0.1) is 5.41 Å². The Morgan fingerprint density at radius 2 is 1.92 bits per heavy atom. The van der Waals surface area contributed by atoms with Gasteiger partial charge in [-0.1, -0.05) is 37.3 Å². The Bertz CT molecular complexity index is 932. The largest absolute Gasteiger partial charge is 0.346 e. The van der Waals surface area contributed by atoms with E-state index in [-0.39, 0.29) is 17.4 Å². The summed E-state index contributed by atoms with van der Waals surface area (Å²) in [6.45, 7) is 4.02. The van der Waals surface area contributed by atoms with E-state index in [2.05, 4.69) is 40.6 Å². The average molecular weight is 334 g/mol. The molecule has 0 bridgehead atoms. The minimum atomic E-state index is -0.386. The maximum atomic E-state index is 13.0. The highest BCUT2D eigenvalue weighted by Gasteiger charge is 2.37. The molecule has 0 saturated carbocycles. The Hall–Kier alpha value is -2.69. The number of carbonyl (C=O) groups is 1. The van der Waals surface area contributed by atoms with Crippen LogP contribution in [0.1, 0.15) is 43.3 Å². The molecule has 25 heavy (non-hydrogen) atoms. The summed E-state index contributed by atoms with van der Waals surface area (Å²) >= 11 is 0. The van der Waals surface area contributed by atoms with Crippen molar-refractivity contribution in [2.45, 2.75) is 39.2 Å². The molecule has 0 aliphatic heterocycles. The van der Waals surface area contributed by atoms with Crippen LogP contribution in [0.3, 0.4) is 0 Å². The molecule has 5 heteroatoms. The summed E-state index contributed by atoms with van der Waals surface area (Å²) in [5.41, 5.74) is 3.05. The fourth-order valence-corrected chi connectivity index (χ4v) is 3.68. The highest BCUT2D eigenvalue weighted by atomic mass is 16.2. The third-order valence-electron chi connectivity index (χ3n) is 5.27. The Labute approximate surface area is 147 Å². The van der Waals surface area contributed by atoms with Gasteiger partial charge in [0.2, 0.25) is 5.91 Å². The van der Waals surface area contributed by atoms with Crippen molar-refractivity contribution in [3.8, 4) is 0 Å². The fraction of sp³-hybridized carbons (Fsp3) is 0.350. The number of carbonyl (C=O) groups excluding carboxylic acids is 1. The van der Waals surface area contributed by atoms with Crippen molar-refractivity contribution in [3.05, 3.63) is 65.6 Å². The lowest BCUT2D eigenvalue weighted by molar-refractivity contribution is -0.131. The number of benzene rings is 1. The molecule has 0 radical (unpaired) electrons. The lowest BCUT2D eigenvalue weighted by atomic mass is 9.72. The number of pyridine rings is 1. The van der Waals surface area contributed by atoms with Gasteiger partial charge in [-0.15, -0.1) is 10.2 Å². The molecule has 5 nitrogen and oxygen atoms in total. The molecule has 2 heterocycles. The first-order valence-corrected chi connectivity index (χ1v) is 8.74. The number of amides is 1. The molecule has 2 aromatic heterocycles. The molecular weight excluding hydrogens is 312 g/mol. The summed E-state index contributed by atoms with van der Waals surface area (Å²) in [4.78, 5) is 13.0. The maximum absolute atomic E-state index is 13.0. The summed E-state index contributed by atoms with van der Waals surface area (Å²) in [6.07, 6.45) is 4.51. The van der Waals surface area contributed by atoms with E-state index in [1.54, 1.807) is 0 Å². The molecule has 4 rings (SSSR count). The van der Waals surface area contributed by atoms with Crippen molar-refractivity contribution in [2.75, 3.05) is 0 Å². The van der Waals surface area contributed by atoms with Gasteiger partial charge in [0.05, 0.1) is 11.5 Å². The van der Waals surface area contributed by atoms with Gasteiger partial charge in [-0.05, 0) is 49.4 Å². The zero-order chi connectivity index (χ0) is 17.4. The van der Waals surface area contributed by atoms with Gasteiger partial charge in [0.15, 0.2) is 11.5 Å². The number of nitrogens with zero attached hydrogens (tertiary/aromatic N) is 3. The van der Waals surface area contributed by atoms with Crippen LogP contribution < -0.4 is 5.32 Å². The van der Waals surface area contributed by atoms with Crippen LogP contribution in [0.5, 0.6) is 0 Å². The number of hydrogen-bond acceptors (Lipinski definition) is 3. The van der Waals surface area contributed by atoms with E-state index in [1.807, 2.05) is 41.8 Å². The van der Waals surface area contributed by atoms with E-state index in [1.165, 1.54) is 11.1 Å². The Morgan fingerprint density at radius 3 is 2.76 bits per heavy atom. The number of hydrogen-bond donors (Lipinski definition) is 1. The predicted octanol–water partition coefficient (Wildman–Crippen LogP) is 3.10. The maximum Gasteiger partial charge on any atom is 0.226 e. The molecule has 1 N–H and O–H groups in total. The van der Waals surface area contributed by atoms with Crippen LogP contribution in [0.25, 0.3) is 5.65 Å². The van der Waals surface area contributed by atoms with Crippen molar-refractivity contribution in [1.82, 2.24) is 19.9 Å². The second-order valence-electron chi connectivity index (χ2n) is 7.19. The van der Waals surface area contributed by atoms with Gasteiger partial charge in [0, 0.05) is 6.20 Å². The second-order valence-corrected chi connectivity index (χ2v) is 7.19. The molecule has 0 saturated heterocycles. The number of aryl methyl sites for hydroxylation is 1. The van der Waals surface area contributed by atoms with Gasteiger partial charge >= 0.3 is 0 Å². The Morgan fingerprint density at radius 1 is 1.16 bits per heavy atom. The Kier molecular flexibility index (Phi) is 3.79. The fourth-order valence-electron chi connectivity index (χ4n) is 3.68. The molecule has 1 aromatic carbocycles. The quantitative estimate of drug-likeness (QED) is 0.801. The van der Waals surface area contributed by atoms with Gasteiger partial charge in [-0.25, -0.2) is 0 Å². The van der Waals surface area contributed by atoms with Crippen LogP contribution in [0.4, 0.5) is 0 Å². The summed E-state index contributed by atoms with van der Waals surface area (Å²) in [6, 6.07) is 14.0. The summed E-state index contributed by atoms with van der Waals surface area (Å²) in [7, 11) is 0. The van der Waals surface area contributed by atoms with E-state index >= 15 is 0 Å². The lowest BCUT2D eigenvalue weighted by Crippen LogP contribution is -2.43. The number of aromatic nitrogens is 3. The molecule has 0 fully saturated rings. The van der Waals surface area contributed by atoms with Crippen LogP contribution in [-0.4, -0.2) is 20.5 Å². The standard InChI is InChI=1S/C20H22N4O/c1-14(18-23-22-17-9-5-6-12-24(17)18)21-19(25)20(2)11-10-15-7-3-4-8-16(15)13-20/h3-9,12,14H,10-11,13H2,1-2H3,(H,21,25). The van der Waals surface area contributed by atoms with E-state index in [0.29, 0.717) is 0 Å². The highest BCUT2D eigenvalue weighted by molar-refractivity contribution is 5.83. The van der Waals surface area contributed by atoms with Crippen LogP contribution >= 0.6 is 0 Å². The molecular formula is C20H22N4O. The van der Waals surface area contributed by atoms with Gasteiger partial charge < -0.3 is 5.32 Å². The molecule has 1 aliphatic rings. The van der Waals surface area contributed by atoms with Crippen LogP contribution in [-0.2, 0) is 17.6 Å². The van der Waals surface area contributed by atoms with Crippen molar-refractivity contribution >= 4 is 11.6 Å². The van der Waals surface area contributed by atoms with Gasteiger partial charge in [-0.2, -0.15) is 0 Å².